The highest BCUT2D eigenvalue weighted by Crippen LogP contribution is 2.34. The normalized spacial score (nSPS) is 14.5. The number of fused-ring (bicyclic) bond motifs is 1. The van der Waals surface area contributed by atoms with Crippen LogP contribution < -0.4 is 15.8 Å². The van der Waals surface area contributed by atoms with E-state index in [0.29, 0.717) is 22.7 Å². The van der Waals surface area contributed by atoms with Gasteiger partial charge in [-0.2, -0.15) is 5.10 Å². The highest BCUT2D eigenvalue weighted by atomic mass is 19.1. The molecule has 1 fully saturated rings. The third-order valence-corrected chi connectivity index (χ3v) is 5.49. The Morgan fingerprint density at radius 1 is 1.34 bits per heavy atom. The Hall–Kier alpha value is -3.72. The second-order valence-corrected chi connectivity index (χ2v) is 7.94. The second-order valence-electron chi connectivity index (χ2n) is 7.94. The lowest BCUT2D eigenvalue weighted by atomic mass is 10.1. The van der Waals surface area contributed by atoms with Gasteiger partial charge in [0.25, 0.3) is 5.88 Å². The summed E-state index contributed by atoms with van der Waals surface area (Å²) in [6, 6.07) is 11.2. The minimum atomic E-state index is -0.656. The van der Waals surface area contributed by atoms with Gasteiger partial charge in [-0.05, 0) is 48.7 Å². The number of rotatable bonds is 7. The molecule has 3 N–H and O–H groups in total. The Bertz CT molecular complexity index is 1290. The maximum atomic E-state index is 14.0. The molecule has 32 heavy (non-hydrogen) atoms. The standard InChI is InChI=1S/C23H22FN5O3/c1-13-21(23(28-32-13)31-12-19(25)17-4-2-3-5-18(17)24)15-8-9-29-16(10-15)11-20(27-29)26-22(30)14-6-7-14/h2-5,8-11,14,19H,6-7,12,25H2,1H3,(H,26,27,30)/t19-/m1/s1. The number of benzene rings is 1. The number of carbonyl (C=O) groups excluding carboxylic acids is 1. The highest BCUT2D eigenvalue weighted by Gasteiger charge is 2.30. The van der Waals surface area contributed by atoms with Crippen LogP contribution in [0.2, 0.25) is 0 Å². The number of nitrogens with one attached hydrogen (secondary N) is 1. The van der Waals surface area contributed by atoms with Crippen molar-refractivity contribution < 1.29 is 18.4 Å². The predicted molar refractivity (Wildman–Crippen MR) is 116 cm³/mol. The van der Waals surface area contributed by atoms with Crippen LogP contribution in [0.3, 0.4) is 0 Å². The molecule has 9 heteroatoms. The van der Waals surface area contributed by atoms with E-state index in [9.17, 15) is 9.18 Å². The van der Waals surface area contributed by atoms with Crippen molar-refractivity contribution in [1.82, 2.24) is 14.8 Å². The zero-order chi connectivity index (χ0) is 22.2. The van der Waals surface area contributed by atoms with Crippen LogP contribution in [0.15, 0.2) is 53.2 Å². The Morgan fingerprint density at radius 2 is 2.16 bits per heavy atom. The molecule has 1 aliphatic rings. The van der Waals surface area contributed by atoms with Crippen molar-refractivity contribution in [3.05, 3.63) is 65.8 Å². The molecule has 1 amide bonds. The smallest absolute Gasteiger partial charge is 0.262 e. The van der Waals surface area contributed by atoms with Gasteiger partial charge in [-0.15, -0.1) is 0 Å². The van der Waals surface area contributed by atoms with E-state index in [-0.39, 0.29) is 30.1 Å². The van der Waals surface area contributed by atoms with Crippen molar-refractivity contribution in [2.45, 2.75) is 25.8 Å². The number of hydrogen-bond acceptors (Lipinski definition) is 6. The molecule has 1 aliphatic carbocycles. The molecule has 8 nitrogen and oxygen atoms in total. The number of aromatic nitrogens is 3. The molecule has 1 atom stereocenters. The van der Waals surface area contributed by atoms with Crippen molar-refractivity contribution in [1.29, 1.82) is 0 Å². The van der Waals surface area contributed by atoms with Gasteiger partial charge in [0.1, 0.15) is 18.2 Å². The fraction of sp³-hybridized carbons (Fsp3) is 0.261. The summed E-state index contributed by atoms with van der Waals surface area (Å²) < 4.78 is 26.8. The van der Waals surface area contributed by atoms with Crippen LogP contribution in [-0.4, -0.2) is 27.3 Å². The Balaban J connectivity index is 1.37. The zero-order valence-corrected chi connectivity index (χ0v) is 17.4. The molecule has 1 saturated carbocycles. The van der Waals surface area contributed by atoms with Crippen LogP contribution in [0.1, 0.15) is 30.2 Å². The minimum Gasteiger partial charge on any atom is -0.473 e. The molecule has 3 aromatic heterocycles. The predicted octanol–water partition coefficient (Wildman–Crippen LogP) is 3.86. The van der Waals surface area contributed by atoms with Gasteiger partial charge in [0.2, 0.25) is 5.91 Å². The molecular formula is C23H22FN5O3. The summed E-state index contributed by atoms with van der Waals surface area (Å²) >= 11 is 0. The van der Waals surface area contributed by atoms with E-state index in [1.807, 2.05) is 12.1 Å². The molecule has 5 rings (SSSR count). The van der Waals surface area contributed by atoms with Gasteiger partial charge in [-0.3, -0.25) is 4.79 Å². The molecule has 164 valence electrons. The van der Waals surface area contributed by atoms with Crippen LogP contribution in [0.5, 0.6) is 5.88 Å². The summed E-state index contributed by atoms with van der Waals surface area (Å²) in [7, 11) is 0. The molecule has 0 saturated heterocycles. The number of pyridine rings is 1. The van der Waals surface area contributed by atoms with E-state index >= 15 is 0 Å². The lowest BCUT2D eigenvalue weighted by Crippen LogP contribution is -2.20. The number of anilines is 1. The minimum absolute atomic E-state index is 0.00499. The van der Waals surface area contributed by atoms with Crippen molar-refractivity contribution in [2.24, 2.45) is 11.7 Å². The first-order chi connectivity index (χ1) is 15.5. The third-order valence-electron chi connectivity index (χ3n) is 5.49. The van der Waals surface area contributed by atoms with E-state index in [4.69, 9.17) is 15.0 Å². The number of nitrogens with zero attached hydrogens (tertiary/aromatic N) is 3. The van der Waals surface area contributed by atoms with Crippen molar-refractivity contribution in [3.63, 3.8) is 0 Å². The monoisotopic (exact) mass is 435 g/mol. The SMILES string of the molecule is Cc1onc(OC[C@@H](N)c2ccccc2F)c1-c1ccn2nc(NC(=O)C3CC3)cc2c1. The number of amides is 1. The Kier molecular flexibility index (Phi) is 5.10. The number of nitrogens with two attached hydrogens (primary N) is 1. The van der Waals surface area contributed by atoms with Gasteiger partial charge >= 0.3 is 0 Å². The Labute approximate surface area is 183 Å². The van der Waals surface area contributed by atoms with Gasteiger partial charge < -0.3 is 20.3 Å². The van der Waals surface area contributed by atoms with E-state index < -0.39 is 6.04 Å². The van der Waals surface area contributed by atoms with E-state index in [2.05, 4.69) is 15.6 Å². The lowest BCUT2D eigenvalue weighted by molar-refractivity contribution is -0.117. The maximum Gasteiger partial charge on any atom is 0.262 e. The molecule has 0 unspecified atom stereocenters. The Morgan fingerprint density at radius 3 is 2.94 bits per heavy atom. The zero-order valence-electron chi connectivity index (χ0n) is 17.4. The number of halogens is 1. The van der Waals surface area contributed by atoms with E-state index in [1.165, 1.54) is 6.07 Å². The van der Waals surface area contributed by atoms with Crippen LogP contribution in [0.4, 0.5) is 10.2 Å². The molecule has 0 aliphatic heterocycles. The summed E-state index contributed by atoms with van der Waals surface area (Å²) in [6.07, 6.45) is 3.65. The quantitative estimate of drug-likeness (QED) is 0.456. The van der Waals surface area contributed by atoms with E-state index in [0.717, 1.165) is 23.9 Å². The average Bonchev–Trinajstić information content (AvgIpc) is 3.46. The first-order valence-electron chi connectivity index (χ1n) is 10.4. The molecule has 0 bridgehead atoms. The molecular weight excluding hydrogens is 413 g/mol. The van der Waals surface area contributed by atoms with Gasteiger partial charge in [0, 0.05) is 23.7 Å². The third kappa shape index (κ3) is 3.94. The second kappa shape index (κ2) is 8.08. The first kappa shape index (κ1) is 20.2. The topological polar surface area (TPSA) is 108 Å². The molecule has 3 heterocycles. The van der Waals surface area contributed by atoms with Crippen LogP contribution in [-0.2, 0) is 4.79 Å². The number of aryl methyl sites for hydroxylation is 1. The largest absolute Gasteiger partial charge is 0.473 e. The molecule has 0 spiro atoms. The molecule has 0 radical (unpaired) electrons. The lowest BCUT2D eigenvalue weighted by Gasteiger charge is -2.13. The highest BCUT2D eigenvalue weighted by molar-refractivity contribution is 5.93. The van der Waals surface area contributed by atoms with E-state index in [1.54, 1.807) is 41.9 Å². The molecule has 4 aromatic rings. The van der Waals surface area contributed by atoms with Crippen molar-refractivity contribution in [3.8, 4) is 17.0 Å². The van der Waals surface area contributed by atoms with Crippen LogP contribution >= 0.6 is 0 Å². The summed E-state index contributed by atoms with van der Waals surface area (Å²) in [5, 5.41) is 11.3. The summed E-state index contributed by atoms with van der Waals surface area (Å²) in [6.45, 7) is 1.82. The van der Waals surface area contributed by atoms with Gasteiger partial charge in [0.15, 0.2) is 5.82 Å². The average molecular weight is 435 g/mol. The van der Waals surface area contributed by atoms with Crippen molar-refractivity contribution >= 4 is 17.2 Å². The fourth-order valence-corrected chi connectivity index (χ4v) is 3.60. The van der Waals surface area contributed by atoms with Gasteiger partial charge in [-0.25, -0.2) is 8.91 Å². The molecule has 1 aromatic carbocycles. The maximum absolute atomic E-state index is 14.0. The summed E-state index contributed by atoms with van der Waals surface area (Å²) in [5.41, 5.74) is 8.77. The van der Waals surface area contributed by atoms with Crippen molar-refractivity contribution in [2.75, 3.05) is 11.9 Å². The first-order valence-corrected chi connectivity index (χ1v) is 10.4. The van der Waals surface area contributed by atoms with Gasteiger partial charge in [-0.1, -0.05) is 18.2 Å². The number of ether oxygens (including phenoxy) is 1. The summed E-state index contributed by atoms with van der Waals surface area (Å²) in [4.78, 5) is 12.0. The fourth-order valence-electron chi connectivity index (χ4n) is 3.60. The van der Waals surface area contributed by atoms with Crippen LogP contribution in [0.25, 0.3) is 16.6 Å². The number of hydrogen-bond donors (Lipinski definition) is 2. The van der Waals surface area contributed by atoms with Crippen LogP contribution in [0, 0.1) is 18.7 Å². The summed E-state index contributed by atoms with van der Waals surface area (Å²) in [5.74, 6) is 1.09. The van der Waals surface area contributed by atoms with Gasteiger partial charge in [0.05, 0.1) is 17.1 Å². The number of carbonyl (C=O) groups is 1.